The van der Waals surface area contributed by atoms with E-state index in [9.17, 15) is 18.4 Å². The number of carbonyl (C=O) groups excluding carboxylic acids is 1. The van der Waals surface area contributed by atoms with E-state index in [1.54, 1.807) is 25.1 Å². The zero-order valence-electron chi connectivity index (χ0n) is 22.7. The molecule has 3 aromatic carbocycles. The molecule has 1 aliphatic heterocycles. The maximum absolute atomic E-state index is 13.9. The largest absolute Gasteiger partial charge is 0.463 e. The maximum atomic E-state index is 13.9. The molecule has 0 N–H and O–H groups in total. The van der Waals surface area contributed by atoms with E-state index in [1.165, 1.54) is 28.0 Å². The molecule has 6 nitrogen and oxygen atoms in total. The summed E-state index contributed by atoms with van der Waals surface area (Å²) in [6.07, 6.45) is 1.67. The fourth-order valence-electron chi connectivity index (χ4n) is 4.72. The number of nitrogens with zero attached hydrogens (tertiary/aromatic N) is 2. The lowest BCUT2D eigenvalue weighted by Gasteiger charge is -2.26. The van der Waals surface area contributed by atoms with Gasteiger partial charge in [-0.1, -0.05) is 91.9 Å². The number of esters is 1. The summed E-state index contributed by atoms with van der Waals surface area (Å²) in [5.41, 5.74) is 3.64. The Balaban J connectivity index is 1.74. The fraction of sp³-hybridized carbons (Fsp3) is 0.219. The van der Waals surface area contributed by atoms with Crippen LogP contribution >= 0.6 is 11.3 Å². The average Bonchev–Trinajstić information content (AvgIpc) is 3.27. The van der Waals surface area contributed by atoms with Crippen LogP contribution in [0.2, 0.25) is 0 Å². The fourth-order valence-corrected chi connectivity index (χ4v) is 5.72. The molecule has 0 spiro atoms. The molecule has 0 radical (unpaired) electrons. The molecule has 0 fully saturated rings. The van der Waals surface area contributed by atoms with Gasteiger partial charge in [-0.3, -0.25) is 9.36 Å². The van der Waals surface area contributed by atoms with Crippen molar-refractivity contribution < 1.29 is 23.0 Å². The second kappa shape index (κ2) is 12.0. The summed E-state index contributed by atoms with van der Waals surface area (Å²) in [5, 5.41) is 0. The van der Waals surface area contributed by atoms with Gasteiger partial charge in [-0.2, -0.15) is 8.78 Å². The van der Waals surface area contributed by atoms with Crippen molar-refractivity contribution in [2.75, 3.05) is 6.61 Å². The van der Waals surface area contributed by atoms with Gasteiger partial charge in [0.05, 0.1) is 28.5 Å². The lowest BCUT2D eigenvalue weighted by Crippen LogP contribution is -2.40. The molecule has 5 rings (SSSR count). The molecule has 1 atom stereocenters. The summed E-state index contributed by atoms with van der Waals surface area (Å²) >= 11 is 1.19. The number of carbonyl (C=O) groups is 1. The van der Waals surface area contributed by atoms with Gasteiger partial charge in [-0.15, -0.1) is 0 Å². The predicted octanol–water partition coefficient (Wildman–Crippen LogP) is 5.66. The minimum Gasteiger partial charge on any atom is -0.463 e. The molecular weight excluding hydrogens is 546 g/mol. The second-order valence-electron chi connectivity index (χ2n) is 9.70. The highest BCUT2D eigenvalue weighted by atomic mass is 32.1. The number of ether oxygens (including phenoxy) is 2. The molecule has 41 heavy (non-hydrogen) atoms. The SMILES string of the molecule is CCOC(=O)C1=C(c2ccccc2)N=c2s/c(=C/c3ccc(OC(F)F)cc3)c(=O)n2[C@@H]1c1ccc(C(C)C)cc1. The molecule has 2 heterocycles. The van der Waals surface area contributed by atoms with Crippen LogP contribution in [0.4, 0.5) is 8.78 Å². The first-order valence-electron chi connectivity index (χ1n) is 13.2. The first-order chi connectivity index (χ1) is 19.8. The van der Waals surface area contributed by atoms with Crippen molar-refractivity contribution in [1.82, 2.24) is 4.57 Å². The normalized spacial score (nSPS) is 15.2. The molecule has 0 saturated carbocycles. The smallest absolute Gasteiger partial charge is 0.387 e. The summed E-state index contributed by atoms with van der Waals surface area (Å²) in [4.78, 5) is 32.7. The van der Waals surface area contributed by atoms with Gasteiger partial charge in [0.25, 0.3) is 5.56 Å². The third-order valence-corrected chi connectivity index (χ3v) is 7.68. The van der Waals surface area contributed by atoms with Gasteiger partial charge < -0.3 is 9.47 Å². The number of fused-ring (bicyclic) bond motifs is 1. The molecule has 210 valence electrons. The van der Waals surface area contributed by atoms with Crippen LogP contribution in [0.5, 0.6) is 5.75 Å². The lowest BCUT2D eigenvalue weighted by atomic mass is 9.91. The van der Waals surface area contributed by atoms with E-state index >= 15 is 0 Å². The number of halogens is 2. The molecule has 0 aliphatic carbocycles. The second-order valence-corrected chi connectivity index (χ2v) is 10.7. The van der Waals surface area contributed by atoms with E-state index in [0.717, 1.165) is 16.7 Å². The van der Waals surface area contributed by atoms with Gasteiger partial charge in [0, 0.05) is 5.56 Å². The van der Waals surface area contributed by atoms with Gasteiger partial charge in [-0.05, 0) is 47.7 Å². The van der Waals surface area contributed by atoms with Crippen LogP contribution < -0.4 is 19.6 Å². The van der Waals surface area contributed by atoms with E-state index in [2.05, 4.69) is 18.6 Å². The minimum atomic E-state index is -2.92. The van der Waals surface area contributed by atoms with E-state index in [4.69, 9.17) is 9.73 Å². The van der Waals surface area contributed by atoms with Crippen molar-refractivity contribution in [1.29, 1.82) is 0 Å². The highest BCUT2D eigenvalue weighted by Gasteiger charge is 2.35. The van der Waals surface area contributed by atoms with Crippen LogP contribution in [0.1, 0.15) is 55.0 Å². The molecule has 1 aliphatic rings. The molecule has 0 unspecified atom stereocenters. The van der Waals surface area contributed by atoms with Crippen LogP contribution in [0.25, 0.3) is 11.8 Å². The van der Waals surface area contributed by atoms with Crippen molar-refractivity contribution in [3.63, 3.8) is 0 Å². The Morgan fingerprint density at radius 3 is 2.32 bits per heavy atom. The minimum absolute atomic E-state index is 0.0232. The number of thiazole rings is 1. The molecule has 0 saturated heterocycles. The molecule has 0 bridgehead atoms. The van der Waals surface area contributed by atoms with Crippen LogP contribution in [0, 0.1) is 0 Å². The first kappa shape index (κ1) is 28.2. The molecular formula is C32H28F2N2O4S. The number of benzene rings is 3. The quantitative estimate of drug-likeness (QED) is 0.255. The van der Waals surface area contributed by atoms with E-state index in [0.29, 0.717) is 26.5 Å². The topological polar surface area (TPSA) is 69.9 Å². The van der Waals surface area contributed by atoms with E-state index in [-0.39, 0.29) is 23.5 Å². The van der Waals surface area contributed by atoms with E-state index < -0.39 is 18.6 Å². The Hall–Kier alpha value is -4.37. The average molecular weight is 575 g/mol. The number of rotatable bonds is 8. The van der Waals surface area contributed by atoms with Gasteiger partial charge in [-0.25, -0.2) is 9.79 Å². The Morgan fingerprint density at radius 1 is 1.02 bits per heavy atom. The molecule has 9 heteroatoms. The zero-order valence-corrected chi connectivity index (χ0v) is 23.5. The van der Waals surface area contributed by atoms with Crippen LogP contribution in [0.15, 0.2) is 94.2 Å². The Labute approximate surface area is 239 Å². The van der Waals surface area contributed by atoms with Gasteiger partial charge >= 0.3 is 12.6 Å². The molecule has 0 amide bonds. The Bertz CT molecular complexity index is 1760. The van der Waals surface area contributed by atoms with Crippen molar-refractivity contribution >= 4 is 29.1 Å². The Kier molecular flexibility index (Phi) is 8.26. The number of hydrogen-bond donors (Lipinski definition) is 0. The monoisotopic (exact) mass is 574 g/mol. The highest BCUT2D eigenvalue weighted by Crippen LogP contribution is 2.35. The molecule has 1 aromatic heterocycles. The standard InChI is InChI=1S/C32H28F2N2O4S/c1-4-39-30(38)26-27(22-8-6-5-7-9-22)35-32-36(28(26)23-14-12-21(13-15-23)19(2)3)29(37)25(41-32)18-20-10-16-24(17-11-20)40-31(33)34/h5-19,28,31H,4H2,1-3H3/b25-18+/t28-/m1/s1. The van der Waals surface area contributed by atoms with Crippen LogP contribution in [-0.4, -0.2) is 23.8 Å². The van der Waals surface area contributed by atoms with Gasteiger partial charge in [0.2, 0.25) is 0 Å². The lowest BCUT2D eigenvalue weighted by molar-refractivity contribution is -0.138. The predicted molar refractivity (Wildman–Crippen MR) is 155 cm³/mol. The summed E-state index contributed by atoms with van der Waals surface area (Å²) in [6.45, 7) is 3.18. The number of aromatic nitrogens is 1. The summed E-state index contributed by atoms with van der Waals surface area (Å²) in [7, 11) is 0. The van der Waals surface area contributed by atoms with Crippen molar-refractivity contribution in [3.8, 4) is 5.75 Å². The van der Waals surface area contributed by atoms with Crippen molar-refractivity contribution in [2.45, 2.75) is 39.3 Å². The van der Waals surface area contributed by atoms with Gasteiger partial charge in [0.15, 0.2) is 4.80 Å². The first-order valence-corrected chi connectivity index (χ1v) is 14.0. The van der Waals surface area contributed by atoms with Crippen molar-refractivity contribution in [3.05, 3.63) is 126 Å². The number of alkyl halides is 2. The van der Waals surface area contributed by atoms with E-state index in [1.807, 2.05) is 54.6 Å². The zero-order chi connectivity index (χ0) is 29.1. The Morgan fingerprint density at radius 2 is 1.71 bits per heavy atom. The van der Waals surface area contributed by atoms with Crippen LogP contribution in [-0.2, 0) is 9.53 Å². The van der Waals surface area contributed by atoms with Crippen LogP contribution in [0.3, 0.4) is 0 Å². The maximum Gasteiger partial charge on any atom is 0.387 e. The van der Waals surface area contributed by atoms with Gasteiger partial charge in [0.1, 0.15) is 5.75 Å². The third kappa shape index (κ3) is 5.90. The summed E-state index contributed by atoms with van der Waals surface area (Å²) < 4.78 is 37.0. The summed E-state index contributed by atoms with van der Waals surface area (Å²) in [6, 6.07) is 22.5. The third-order valence-electron chi connectivity index (χ3n) is 6.70. The van der Waals surface area contributed by atoms with Crippen molar-refractivity contribution in [2.24, 2.45) is 4.99 Å². The summed E-state index contributed by atoms with van der Waals surface area (Å²) in [5.74, 6) is -0.213. The highest BCUT2D eigenvalue weighted by molar-refractivity contribution is 7.07. The number of hydrogen-bond acceptors (Lipinski definition) is 6. The molecule has 4 aromatic rings.